The molecule has 1 aliphatic heterocycles. The van der Waals surface area contributed by atoms with Gasteiger partial charge in [-0.3, -0.25) is 9.59 Å². The summed E-state index contributed by atoms with van der Waals surface area (Å²) in [7, 11) is 3.28. The van der Waals surface area contributed by atoms with Gasteiger partial charge in [0.15, 0.2) is 0 Å². The normalized spacial score (nSPS) is 14.1. The fourth-order valence-corrected chi connectivity index (χ4v) is 3.08. The van der Waals surface area contributed by atoms with E-state index in [1.54, 1.807) is 19.1 Å². The van der Waals surface area contributed by atoms with Gasteiger partial charge in [0, 0.05) is 45.5 Å². The van der Waals surface area contributed by atoms with Crippen LogP contribution in [0, 0.1) is 0 Å². The van der Waals surface area contributed by atoms with Crippen LogP contribution < -0.4 is 10.5 Å². The van der Waals surface area contributed by atoms with Crippen molar-refractivity contribution in [2.45, 2.75) is 13.1 Å². The summed E-state index contributed by atoms with van der Waals surface area (Å²) in [4.78, 5) is 28.4. The molecule has 0 spiro atoms. The van der Waals surface area contributed by atoms with Gasteiger partial charge in [0.2, 0.25) is 0 Å². The Morgan fingerprint density at radius 2 is 1.89 bits per heavy atom. The predicted molar refractivity (Wildman–Crippen MR) is 106 cm³/mol. The lowest BCUT2D eigenvalue weighted by Crippen LogP contribution is -2.36. The lowest BCUT2D eigenvalue weighted by Gasteiger charge is -2.29. The molecule has 2 heterocycles. The fourth-order valence-electron chi connectivity index (χ4n) is 3.08. The van der Waals surface area contributed by atoms with Crippen LogP contribution in [0.1, 0.15) is 16.1 Å². The minimum Gasteiger partial charge on any atom is -0.383 e. The number of benzene rings is 1. The van der Waals surface area contributed by atoms with Gasteiger partial charge in [-0.15, -0.1) is 0 Å². The highest BCUT2D eigenvalue weighted by atomic mass is 16.5. The van der Waals surface area contributed by atoms with Crippen LogP contribution in [0.25, 0.3) is 0 Å². The molecule has 0 aliphatic carbocycles. The average Bonchev–Trinajstić information content (AvgIpc) is 2.74. The third kappa shape index (κ3) is 4.96. The SMILES string of the molecule is COCCn1nc(C(=O)N(C)Cc2ccc(N3CCOCC3)cc2)ccc1=O. The van der Waals surface area contributed by atoms with Crippen LogP contribution in [0.3, 0.4) is 0 Å². The number of nitrogens with zero attached hydrogens (tertiary/aromatic N) is 4. The first kappa shape index (κ1) is 20.0. The van der Waals surface area contributed by atoms with Crippen molar-refractivity contribution in [2.24, 2.45) is 0 Å². The highest BCUT2D eigenvalue weighted by Gasteiger charge is 2.16. The van der Waals surface area contributed by atoms with Crippen LogP contribution >= 0.6 is 0 Å². The Hall–Kier alpha value is -2.71. The van der Waals surface area contributed by atoms with Gasteiger partial charge >= 0.3 is 0 Å². The van der Waals surface area contributed by atoms with Gasteiger partial charge in [-0.2, -0.15) is 5.10 Å². The molecule has 1 aliphatic rings. The summed E-state index contributed by atoms with van der Waals surface area (Å²) < 4.78 is 11.6. The zero-order valence-corrected chi connectivity index (χ0v) is 16.3. The standard InChI is InChI=1S/C20H26N4O4/c1-22(20(26)18-7-8-19(25)24(21-18)11-12-27-2)15-16-3-5-17(6-4-16)23-9-13-28-14-10-23/h3-8H,9-15H2,1-2H3. The maximum Gasteiger partial charge on any atom is 0.274 e. The van der Waals surface area contributed by atoms with Gasteiger partial charge in [-0.1, -0.05) is 12.1 Å². The molecule has 1 amide bonds. The van der Waals surface area contributed by atoms with Crippen LogP contribution in [0.2, 0.25) is 0 Å². The lowest BCUT2D eigenvalue weighted by atomic mass is 10.1. The maximum atomic E-state index is 12.7. The zero-order valence-electron chi connectivity index (χ0n) is 16.3. The van der Waals surface area contributed by atoms with Crippen molar-refractivity contribution in [3.63, 3.8) is 0 Å². The first-order valence-corrected chi connectivity index (χ1v) is 9.32. The van der Waals surface area contributed by atoms with Gasteiger partial charge in [-0.25, -0.2) is 4.68 Å². The number of morpholine rings is 1. The summed E-state index contributed by atoms with van der Waals surface area (Å²) in [5.74, 6) is -0.233. The number of carbonyl (C=O) groups excluding carboxylic acids is 1. The van der Waals surface area contributed by atoms with Crippen molar-refractivity contribution in [3.05, 3.63) is 58.0 Å². The van der Waals surface area contributed by atoms with Gasteiger partial charge in [0.1, 0.15) is 5.69 Å². The Morgan fingerprint density at radius 3 is 2.57 bits per heavy atom. The molecular weight excluding hydrogens is 360 g/mol. The second-order valence-electron chi connectivity index (χ2n) is 6.70. The van der Waals surface area contributed by atoms with Crippen LogP contribution in [-0.2, 0) is 22.6 Å². The Morgan fingerprint density at radius 1 is 1.18 bits per heavy atom. The summed E-state index contributed by atoms with van der Waals surface area (Å²) in [6.45, 7) is 4.40. The highest BCUT2D eigenvalue weighted by molar-refractivity contribution is 5.91. The predicted octanol–water partition coefficient (Wildman–Crippen LogP) is 0.998. The molecule has 28 heavy (non-hydrogen) atoms. The maximum absolute atomic E-state index is 12.7. The zero-order chi connectivity index (χ0) is 19.9. The van der Waals surface area contributed by atoms with Crippen LogP contribution in [0.15, 0.2) is 41.2 Å². The number of ether oxygens (including phenoxy) is 2. The molecule has 1 fully saturated rings. The molecule has 2 aromatic rings. The number of methoxy groups -OCH3 is 1. The highest BCUT2D eigenvalue weighted by Crippen LogP contribution is 2.17. The van der Waals surface area contributed by atoms with Crippen LogP contribution in [-0.4, -0.2) is 67.7 Å². The fraction of sp³-hybridized carbons (Fsp3) is 0.450. The monoisotopic (exact) mass is 386 g/mol. The first-order chi connectivity index (χ1) is 13.6. The van der Waals surface area contributed by atoms with Crippen molar-refractivity contribution in [2.75, 3.05) is 52.0 Å². The van der Waals surface area contributed by atoms with Crippen molar-refractivity contribution in [3.8, 4) is 0 Å². The quantitative estimate of drug-likeness (QED) is 0.707. The van der Waals surface area contributed by atoms with Crippen molar-refractivity contribution < 1.29 is 14.3 Å². The first-order valence-electron chi connectivity index (χ1n) is 9.32. The Balaban J connectivity index is 1.64. The summed E-state index contributed by atoms with van der Waals surface area (Å²) in [5, 5.41) is 4.16. The molecule has 1 aromatic carbocycles. The van der Waals surface area contributed by atoms with Crippen molar-refractivity contribution >= 4 is 11.6 Å². The molecule has 1 aromatic heterocycles. The molecule has 8 heteroatoms. The molecule has 0 unspecified atom stereocenters. The summed E-state index contributed by atoms with van der Waals surface area (Å²) >= 11 is 0. The van der Waals surface area contributed by atoms with Crippen molar-refractivity contribution in [1.82, 2.24) is 14.7 Å². The van der Waals surface area contributed by atoms with Gasteiger partial charge < -0.3 is 19.3 Å². The number of amides is 1. The number of hydrogen-bond acceptors (Lipinski definition) is 6. The average molecular weight is 386 g/mol. The number of anilines is 1. The Labute approximate surface area is 164 Å². The molecule has 0 atom stereocenters. The minimum atomic E-state index is -0.255. The summed E-state index contributed by atoms with van der Waals surface area (Å²) in [6.07, 6.45) is 0. The van der Waals surface area contributed by atoms with E-state index < -0.39 is 0 Å². The summed E-state index contributed by atoms with van der Waals surface area (Å²) in [5.41, 5.74) is 2.17. The number of aromatic nitrogens is 2. The van der Waals surface area contributed by atoms with E-state index in [1.165, 1.54) is 16.8 Å². The lowest BCUT2D eigenvalue weighted by molar-refractivity contribution is 0.0775. The smallest absolute Gasteiger partial charge is 0.274 e. The Kier molecular flexibility index (Phi) is 6.78. The molecule has 3 rings (SSSR count). The third-order valence-corrected chi connectivity index (χ3v) is 4.67. The minimum absolute atomic E-state index is 0.233. The second-order valence-corrected chi connectivity index (χ2v) is 6.70. The van der Waals surface area contributed by atoms with Crippen LogP contribution in [0.5, 0.6) is 0 Å². The summed E-state index contributed by atoms with van der Waals surface area (Å²) in [6, 6.07) is 11.0. The molecule has 150 valence electrons. The van der Waals surface area contributed by atoms with Crippen LogP contribution in [0.4, 0.5) is 5.69 Å². The molecule has 8 nitrogen and oxygen atoms in total. The number of hydrogen-bond donors (Lipinski definition) is 0. The number of rotatable bonds is 7. The van der Waals surface area contributed by atoms with Gasteiger partial charge in [0.25, 0.3) is 11.5 Å². The van der Waals surface area contributed by atoms with E-state index in [4.69, 9.17) is 9.47 Å². The van der Waals surface area contributed by atoms with E-state index in [9.17, 15) is 9.59 Å². The molecule has 0 bridgehead atoms. The van der Waals surface area contributed by atoms with E-state index in [1.807, 2.05) is 12.1 Å². The molecule has 0 radical (unpaired) electrons. The molecular formula is C20H26N4O4. The second kappa shape index (κ2) is 9.48. The topological polar surface area (TPSA) is 76.9 Å². The molecule has 1 saturated heterocycles. The van der Waals surface area contributed by atoms with Gasteiger partial charge in [-0.05, 0) is 23.8 Å². The van der Waals surface area contributed by atoms with Crippen molar-refractivity contribution in [1.29, 1.82) is 0 Å². The Bertz CT molecular complexity index is 844. The number of carbonyl (C=O) groups is 1. The third-order valence-electron chi connectivity index (χ3n) is 4.67. The van der Waals surface area contributed by atoms with E-state index in [2.05, 4.69) is 22.1 Å². The molecule has 0 saturated carbocycles. The van der Waals surface area contributed by atoms with E-state index >= 15 is 0 Å². The largest absolute Gasteiger partial charge is 0.383 e. The van der Waals surface area contributed by atoms with E-state index in [0.717, 1.165) is 37.6 Å². The van der Waals surface area contributed by atoms with E-state index in [0.29, 0.717) is 19.7 Å². The van der Waals surface area contributed by atoms with Gasteiger partial charge in [0.05, 0.1) is 26.4 Å². The van der Waals surface area contributed by atoms with E-state index in [-0.39, 0.29) is 17.2 Å². The molecule has 0 N–H and O–H groups in total.